The van der Waals surface area contributed by atoms with Crippen molar-refractivity contribution in [1.29, 1.82) is 0 Å². The highest BCUT2D eigenvalue weighted by Gasteiger charge is 2.32. The Morgan fingerprint density at radius 2 is 1.96 bits per heavy atom. The summed E-state index contributed by atoms with van der Waals surface area (Å²) in [6.07, 6.45) is 0. The SMILES string of the molecule is CCSCCOC(=O)C1=C(C)NC(=O)N[C@H]1c1ccc(C)cc1. The van der Waals surface area contributed by atoms with Gasteiger partial charge in [0.1, 0.15) is 6.61 Å². The lowest BCUT2D eigenvalue weighted by Crippen LogP contribution is -2.45. The Morgan fingerprint density at radius 3 is 2.61 bits per heavy atom. The van der Waals surface area contributed by atoms with E-state index >= 15 is 0 Å². The van der Waals surface area contributed by atoms with Gasteiger partial charge in [-0.15, -0.1) is 0 Å². The number of nitrogens with one attached hydrogen (secondary N) is 2. The predicted molar refractivity (Wildman–Crippen MR) is 92.2 cm³/mol. The highest BCUT2D eigenvalue weighted by Crippen LogP contribution is 2.27. The van der Waals surface area contributed by atoms with Gasteiger partial charge in [-0.3, -0.25) is 0 Å². The molecule has 1 aromatic rings. The molecule has 0 aromatic heterocycles. The summed E-state index contributed by atoms with van der Waals surface area (Å²) in [5.74, 6) is 1.36. The first kappa shape index (κ1) is 17.4. The number of hydrogen-bond donors (Lipinski definition) is 2. The van der Waals surface area contributed by atoms with Gasteiger partial charge in [-0.1, -0.05) is 36.8 Å². The van der Waals surface area contributed by atoms with E-state index in [0.717, 1.165) is 22.6 Å². The van der Waals surface area contributed by atoms with Crippen LogP contribution in [-0.2, 0) is 9.53 Å². The number of carbonyl (C=O) groups excluding carboxylic acids is 2. The lowest BCUT2D eigenvalue weighted by molar-refractivity contribution is -0.138. The molecule has 0 saturated carbocycles. The van der Waals surface area contributed by atoms with Crippen molar-refractivity contribution >= 4 is 23.8 Å². The first-order valence-corrected chi connectivity index (χ1v) is 8.78. The maximum atomic E-state index is 12.4. The number of aryl methyl sites for hydroxylation is 1. The third kappa shape index (κ3) is 4.51. The summed E-state index contributed by atoms with van der Waals surface area (Å²) in [4.78, 5) is 24.2. The highest BCUT2D eigenvalue weighted by atomic mass is 32.2. The van der Waals surface area contributed by atoms with Crippen molar-refractivity contribution < 1.29 is 14.3 Å². The molecule has 1 heterocycles. The second kappa shape index (κ2) is 8.06. The van der Waals surface area contributed by atoms with Gasteiger partial charge in [0.2, 0.25) is 0 Å². The monoisotopic (exact) mass is 334 g/mol. The zero-order valence-electron chi connectivity index (χ0n) is 13.6. The number of esters is 1. The fourth-order valence-corrected chi connectivity index (χ4v) is 2.88. The number of hydrogen-bond acceptors (Lipinski definition) is 4. The highest BCUT2D eigenvalue weighted by molar-refractivity contribution is 7.99. The van der Waals surface area contributed by atoms with E-state index in [2.05, 4.69) is 17.6 Å². The average molecular weight is 334 g/mol. The number of benzene rings is 1. The van der Waals surface area contributed by atoms with Crippen LogP contribution >= 0.6 is 11.8 Å². The van der Waals surface area contributed by atoms with E-state index in [0.29, 0.717) is 17.9 Å². The quantitative estimate of drug-likeness (QED) is 0.620. The van der Waals surface area contributed by atoms with E-state index in [1.54, 1.807) is 18.7 Å². The summed E-state index contributed by atoms with van der Waals surface area (Å²) in [7, 11) is 0. The van der Waals surface area contributed by atoms with Gasteiger partial charge in [-0.25, -0.2) is 9.59 Å². The Balaban J connectivity index is 2.20. The molecule has 0 unspecified atom stereocenters. The van der Waals surface area contributed by atoms with Crippen LogP contribution in [0.4, 0.5) is 4.79 Å². The summed E-state index contributed by atoms with van der Waals surface area (Å²) in [6.45, 7) is 6.14. The number of allylic oxidation sites excluding steroid dienone is 1. The standard InChI is InChI=1S/C17H22N2O3S/c1-4-23-10-9-22-16(20)14-12(3)18-17(21)19-15(14)13-7-5-11(2)6-8-13/h5-8,15H,4,9-10H2,1-3H3,(H2,18,19,21)/t15-/m0/s1. The van der Waals surface area contributed by atoms with Gasteiger partial charge in [0.25, 0.3) is 0 Å². The third-order valence-electron chi connectivity index (χ3n) is 3.56. The van der Waals surface area contributed by atoms with E-state index in [-0.39, 0.29) is 6.03 Å². The normalized spacial score (nSPS) is 17.5. The summed E-state index contributed by atoms with van der Waals surface area (Å²) in [5, 5.41) is 5.45. The van der Waals surface area contributed by atoms with E-state index in [1.807, 2.05) is 31.2 Å². The topological polar surface area (TPSA) is 67.4 Å². The number of ether oxygens (including phenoxy) is 1. The van der Waals surface area contributed by atoms with Crippen molar-refractivity contribution in [3.63, 3.8) is 0 Å². The number of amides is 2. The van der Waals surface area contributed by atoms with Crippen LogP contribution in [0.3, 0.4) is 0 Å². The van der Waals surface area contributed by atoms with Crippen molar-refractivity contribution in [1.82, 2.24) is 10.6 Å². The van der Waals surface area contributed by atoms with Crippen molar-refractivity contribution in [2.24, 2.45) is 0 Å². The third-order valence-corrected chi connectivity index (χ3v) is 4.43. The Labute approximate surface area is 140 Å². The number of rotatable bonds is 6. The molecular weight excluding hydrogens is 312 g/mol. The van der Waals surface area contributed by atoms with Gasteiger partial charge in [0, 0.05) is 11.4 Å². The molecule has 2 rings (SSSR count). The van der Waals surface area contributed by atoms with Gasteiger partial charge in [0.15, 0.2) is 0 Å². The molecule has 1 aliphatic heterocycles. The van der Waals surface area contributed by atoms with Crippen LogP contribution in [0.1, 0.15) is 31.0 Å². The Kier molecular flexibility index (Phi) is 6.10. The minimum absolute atomic E-state index is 0.314. The van der Waals surface area contributed by atoms with Crippen LogP contribution in [0.25, 0.3) is 0 Å². The van der Waals surface area contributed by atoms with Gasteiger partial charge in [-0.2, -0.15) is 11.8 Å². The summed E-state index contributed by atoms with van der Waals surface area (Å²) >= 11 is 1.72. The summed E-state index contributed by atoms with van der Waals surface area (Å²) in [6, 6.07) is 6.94. The second-order valence-corrected chi connectivity index (χ2v) is 6.71. The molecule has 23 heavy (non-hydrogen) atoms. The van der Waals surface area contributed by atoms with E-state index < -0.39 is 12.0 Å². The Hall–Kier alpha value is -1.95. The molecule has 6 heteroatoms. The zero-order chi connectivity index (χ0) is 16.8. The van der Waals surface area contributed by atoms with Gasteiger partial charge < -0.3 is 15.4 Å². The molecular formula is C17H22N2O3S. The van der Waals surface area contributed by atoms with E-state index in [4.69, 9.17) is 4.74 Å². The molecule has 2 N–H and O–H groups in total. The van der Waals surface area contributed by atoms with E-state index in [9.17, 15) is 9.59 Å². The largest absolute Gasteiger partial charge is 0.461 e. The molecule has 0 aliphatic carbocycles. The number of thioether (sulfide) groups is 1. The molecule has 1 aromatic carbocycles. The van der Waals surface area contributed by atoms with Gasteiger partial charge in [-0.05, 0) is 25.2 Å². The second-order valence-electron chi connectivity index (χ2n) is 5.31. The van der Waals surface area contributed by atoms with Crippen LogP contribution in [0.5, 0.6) is 0 Å². The first-order valence-electron chi connectivity index (χ1n) is 7.62. The van der Waals surface area contributed by atoms with Crippen molar-refractivity contribution in [3.05, 3.63) is 46.7 Å². The molecule has 0 bridgehead atoms. The number of urea groups is 1. The Morgan fingerprint density at radius 1 is 1.26 bits per heavy atom. The van der Waals surface area contributed by atoms with Crippen LogP contribution in [0.2, 0.25) is 0 Å². The minimum atomic E-state index is -0.490. The molecule has 124 valence electrons. The van der Waals surface area contributed by atoms with E-state index in [1.165, 1.54) is 0 Å². The number of carbonyl (C=O) groups is 2. The van der Waals surface area contributed by atoms with Crippen molar-refractivity contribution in [2.75, 3.05) is 18.1 Å². The molecule has 0 radical (unpaired) electrons. The zero-order valence-corrected chi connectivity index (χ0v) is 14.5. The molecule has 1 aliphatic rings. The Bertz CT molecular complexity index is 611. The molecule has 5 nitrogen and oxygen atoms in total. The molecule has 0 saturated heterocycles. The van der Waals surface area contributed by atoms with Crippen molar-refractivity contribution in [2.45, 2.75) is 26.8 Å². The van der Waals surface area contributed by atoms with Crippen LogP contribution in [0, 0.1) is 6.92 Å². The summed E-state index contributed by atoms with van der Waals surface area (Å²) in [5.41, 5.74) is 2.97. The average Bonchev–Trinajstić information content (AvgIpc) is 2.51. The predicted octanol–water partition coefficient (Wildman–Crippen LogP) is 2.92. The molecule has 2 amide bonds. The fourth-order valence-electron chi connectivity index (χ4n) is 2.39. The van der Waals surface area contributed by atoms with Crippen LogP contribution in [-0.4, -0.2) is 30.1 Å². The minimum Gasteiger partial charge on any atom is -0.461 e. The maximum absolute atomic E-state index is 12.4. The first-order chi connectivity index (χ1) is 11.0. The van der Waals surface area contributed by atoms with Gasteiger partial charge in [0.05, 0.1) is 11.6 Å². The lowest BCUT2D eigenvalue weighted by atomic mass is 9.95. The molecule has 1 atom stereocenters. The lowest BCUT2D eigenvalue weighted by Gasteiger charge is -2.28. The molecule has 0 spiro atoms. The summed E-state index contributed by atoms with van der Waals surface area (Å²) < 4.78 is 5.36. The van der Waals surface area contributed by atoms with Gasteiger partial charge >= 0.3 is 12.0 Å². The fraction of sp³-hybridized carbons (Fsp3) is 0.412. The van der Waals surface area contributed by atoms with Crippen LogP contribution in [0.15, 0.2) is 35.5 Å². The van der Waals surface area contributed by atoms with Crippen LogP contribution < -0.4 is 10.6 Å². The van der Waals surface area contributed by atoms with Crippen molar-refractivity contribution in [3.8, 4) is 0 Å². The molecule has 0 fully saturated rings. The smallest absolute Gasteiger partial charge is 0.338 e. The maximum Gasteiger partial charge on any atom is 0.338 e.